The fourth-order valence-electron chi connectivity index (χ4n) is 3.25. The van der Waals surface area contributed by atoms with Gasteiger partial charge < -0.3 is 15.0 Å². The van der Waals surface area contributed by atoms with Crippen LogP contribution in [0.5, 0.6) is 5.75 Å². The maximum Gasteiger partial charge on any atom is 0.275 e. The summed E-state index contributed by atoms with van der Waals surface area (Å²) in [6.45, 7) is 8.30. The fraction of sp³-hybridized carbons (Fsp3) is 0.588. The molecule has 3 atom stereocenters. The van der Waals surface area contributed by atoms with E-state index in [-0.39, 0.29) is 5.91 Å². The lowest BCUT2D eigenvalue weighted by atomic mass is 9.92. The molecule has 1 aromatic rings. The van der Waals surface area contributed by atoms with E-state index >= 15 is 0 Å². The van der Waals surface area contributed by atoms with Gasteiger partial charge in [-0.25, -0.2) is 0 Å². The van der Waals surface area contributed by atoms with Crippen molar-refractivity contribution >= 4 is 17.5 Å². The molecule has 2 N–H and O–H groups in total. The van der Waals surface area contributed by atoms with E-state index in [0.29, 0.717) is 36.6 Å². The maximum absolute atomic E-state index is 12.0. The highest BCUT2D eigenvalue weighted by molar-refractivity contribution is 6.30. The van der Waals surface area contributed by atoms with E-state index in [4.69, 9.17) is 16.3 Å². The molecule has 1 saturated heterocycles. The fourth-order valence-corrected chi connectivity index (χ4v) is 3.37. The van der Waals surface area contributed by atoms with Crippen LogP contribution in [0.4, 0.5) is 0 Å². The minimum absolute atomic E-state index is 0.107. The van der Waals surface area contributed by atoms with Crippen molar-refractivity contribution in [2.45, 2.75) is 20.3 Å². The summed E-state index contributed by atoms with van der Waals surface area (Å²) in [5.41, 5.74) is 0. The average molecular weight is 326 g/mol. The SMILES string of the molecule is C[C@@H]1C[C@H](C)C[NH+](CC(=O)NCCOc2ccc(Cl)cc2)C1. The molecule has 0 saturated carbocycles. The van der Waals surface area contributed by atoms with Crippen LogP contribution in [0.15, 0.2) is 24.3 Å². The van der Waals surface area contributed by atoms with E-state index in [0.717, 1.165) is 18.8 Å². The smallest absolute Gasteiger partial charge is 0.275 e. The molecule has 1 amide bonds. The molecule has 0 aromatic heterocycles. The van der Waals surface area contributed by atoms with E-state index < -0.39 is 0 Å². The van der Waals surface area contributed by atoms with E-state index in [9.17, 15) is 4.79 Å². The number of piperidine rings is 1. The number of halogens is 1. The third-order valence-corrected chi connectivity index (χ3v) is 4.25. The van der Waals surface area contributed by atoms with Gasteiger partial charge in [-0.3, -0.25) is 4.79 Å². The molecule has 1 aromatic carbocycles. The highest BCUT2D eigenvalue weighted by Crippen LogP contribution is 2.15. The molecule has 1 aliphatic rings. The van der Waals surface area contributed by atoms with E-state index in [1.807, 2.05) is 12.1 Å². The van der Waals surface area contributed by atoms with Crippen molar-refractivity contribution in [3.63, 3.8) is 0 Å². The van der Waals surface area contributed by atoms with E-state index in [1.54, 1.807) is 12.1 Å². The second-order valence-corrected chi connectivity index (χ2v) is 6.87. The van der Waals surface area contributed by atoms with Crippen molar-refractivity contribution < 1.29 is 14.4 Å². The van der Waals surface area contributed by atoms with Crippen LogP contribution in [-0.4, -0.2) is 38.7 Å². The summed E-state index contributed by atoms with van der Waals surface area (Å²) in [6, 6.07) is 7.23. The Morgan fingerprint density at radius 1 is 1.27 bits per heavy atom. The zero-order valence-corrected chi connectivity index (χ0v) is 14.2. The Balaban J connectivity index is 1.62. The second-order valence-electron chi connectivity index (χ2n) is 6.43. The molecule has 22 heavy (non-hydrogen) atoms. The predicted octanol–water partition coefficient (Wildman–Crippen LogP) is 1.40. The van der Waals surface area contributed by atoms with Crippen molar-refractivity contribution in [2.75, 3.05) is 32.8 Å². The first-order valence-corrected chi connectivity index (χ1v) is 8.39. The number of quaternary nitrogens is 1. The summed E-state index contributed by atoms with van der Waals surface area (Å²) in [7, 11) is 0. The van der Waals surface area contributed by atoms with Gasteiger partial charge in [-0.1, -0.05) is 25.4 Å². The summed E-state index contributed by atoms with van der Waals surface area (Å²) >= 11 is 5.81. The third-order valence-electron chi connectivity index (χ3n) is 4.00. The summed E-state index contributed by atoms with van der Waals surface area (Å²) in [5, 5.41) is 3.62. The number of carbonyl (C=O) groups is 1. The van der Waals surface area contributed by atoms with Crippen LogP contribution in [-0.2, 0) is 4.79 Å². The first kappa shape index (κ1) is 17.1. The van der Waals surface area contributed by atoms with Crippen LogP contribution < -0.4 is 15.0 Å². The van der Waals surface area contributed by atoms with Crippen LogP contribution in [0, 0.1) is 11.8 Å². The molecule has 5 heteroatoms. The number of amides is 1. The van der Waals surface area contributed by atoms with Gasteiger partial charge in [0.2, 0.25) is 0 Å². The molecule has 1 fully saturated rings. The lowest BCUT2D eigenvalue weighted by Gasteiger charge is -2.31. The largest absolute Gasteiger partial charge is 0.492 e. The van der Waals surface area contributed by atoms with Crippen molar-refractivity contribution in [2.24, 2.45) is 11.8 Å². The number of nitrogens with one attached hydrogen (secondary N) is 2. The minimum atomic E-state index is 0.107. The summed E-state index contributed by atoms with van der Waals surface area (Å²) in [5.74, 6) is 2.29. The Morgan fingerprint density at radius 2 is 1.91 bits per heavy atom. The standard InChI is InChI=1S/C17H25ClN2O2/c1-13-9-14(2)11-20(10-13)12-17(21)19-7-8-22-16-5-3-15(18)4-6-16/h3-6,13-14H,7-12H2,1-2H3,(H,19,21)/p+1/t13-,14+. The van der Waals surface area contributed by atoms with Gasteiger partial charge in [-0.15, -0.1) is 0 Å². The molecule has 0 bridgehead atoms. The van der Waals surface area contributed by atoms with Gasteiger partial charge in [0, 0.05) is 16.9 Å². The van der Waals surface area contributed by atoms with Crippen molar-refractivity contribution in [1.82, 2.24) is 5.32 Å². The summed E-state index contributed by atoms with van der Waals surface area (Å²) in [6.07, 6.45) is 1.28. The summed E-state index contributed by atoms with van der Waals surface area (Å²) in [4.78, 5) is 13.4. The average Bonchev–Trinajstić information content (AvgIpc) is 2.44. The van der Waals surface area contributed by atoms with Crippen LogP contribution in [0.2, 0.25) is 5.02 Å². The number of benzene rings is 1. The molecule has 0 radical (unpaired) electrons. The minimum Gasteiger partial charge on any atom is -0.492 e. The Hall–Kier alpha value is -1.26. The van der Waals surface area contributed by atoms with Gasteiger partial charge in [0.1, 0.15) is 12.4 Å². The van der Waals surface area contributed by atoms with Gasteiger partial charge in [0.15, 0.2) is 6.54 Å². The van der Waals surface area contributed by atoms with Crippen molar-refractivity contribution in [3.8, 4) is 5.75 Å². The van der Waals surface area contributed by atoms with Gasteiger partial charge in [0.05, 0.1) is 19.6 Å². The Bertz CT molecular complexity index is 468. The number of likely N-dealkylation sites (tertiary alicyclic amines) is 1. The number of carbonyl (C=O) groups excluding carboxylic acids is 1. The number of rotatable bonds is 6. The lowest BCUT2D eigenvalue weighted by molar-refractivity contribution is -0.904. The van der Waals surface area contributed by atoms with Crippen LogP contribution in [0.25, 0.3) is 0 Å². The van der Waals surface area contributed by atoms with Gasteiger partial charge in [-0.05, 0) is 30.7 Å². The molecule has 0 aliphatic carbocycles. The zero-order valence-electron chi connectivity index (χ0n) is 13.4. The zero-order chi connectivity index (χ0) is 15.9. The highest BCUT2D eigenvalue weighted by Gasteiger charge is 2.26. The van der Waals surface area contributed by atoms with E-state index in [1.165, 1.54) is 11.3 Å². The lowest BCUT2D eigenvalue weighted by Crippen LogP contribution is -3.15. The third kappa shape index (κ3) is 5.85. The molecule has 4 nitrogen and oxygen atoms in total. The van der Waals surface area contributed by atoms with Gasteiger partial charge >= 0.3 is 0 Å². The quantitative estimate of drug-likeness (QED) is 0.776. The molecular weight excluding hydrogens is 300 g/mol. The maximum atomic E-state index is 12.0. The molecule has 0 spiro atoms. The molecule has 1 heterocycles. The Kier molecular flexibility index (Phi) is 6.52. The number of hydrogen-bond donors (Lipinski definition) is 2. The van der Waals surface area contributed by atoms with Crippen molar-refractivity contribution in [3.05, 3.63) is 29.3 Å². The highest BCUT2D eigenvalue weighted by atomic mass is 35.5. The predicted molar refractivity (Wildman–Crippen MR) is 88.5 cm³/mol. The Labute approximate surface area is 137 Å². The normalized spacial score (nSPS) is 24.8. The first-order chi connectivity index (χ1) is 10.5. The van der Waals surface area contributed by atoms with Gasteiger partial charge in [0.25, 0.3) is 5.91 Å². The number of ether oxygens (including phenoxy) is 1. The monoisotopic (exact) mass is 325 g/mol. The summed E-state index contributed by atoms with van der Waals surface area (Å²) < 4.78 is 5.56. The van der Waals surface area contributed by atoms with Crippen LogP contribution in [0.1, 0.15) is 20.3 Å². The Morgan fingerprint density at radius 3 is 2.55 bits per heavy atom. The van der Waals surface area contributed by atoms with E-state index in [2.05, 4.69) is 19.2 Å². The first-order valence-electron chi connectivity index (χ1n) is 8.01. The number of hydrogen-bond acceptors (Lipinski definition) is 2. The second kappa shape index (κ2) is 8.39. The van der Waals surface area contributed by atoms with Crippen LogP contribution >= 0.6 is 11.6 Å². The topological polar surface area (TPSA) is 42.8 Å². The molecule has 1 aliphatic heterocycles. The molecule has 1 unspecified atom stereocenters. The molecule has 2 rings (SSSR count). The van der Waals surface area contributed by atoms with Gasteiger partial charge in [-0.2, -0.15) is 0 Å². The molecule has 122 valence electrons. The van der Waals surface area contributed by atoms with Crippen LogP contribution in [0.3, 0.4) is 0 Å². The molecular formula is C17H26ClN2O2+. The van der Waals surface area contributed by atoms with Crippen molar-refractivity contribution in [1.29, 1.82) is 0 Å².